The van der Waals surface area contributed by atoms with E-state index in [2.05, 4.69) is 0 Å². The maximum Gasteiger partial charge on any atom is 0.338 e. The zero-order valence-corrected chi connectivity index (χ0v) is 9.71. The summed E-state index contributed by atoms with van der Waals surface area (Å²) in [4.78, 5) is 11.7. The van der Waals surface area contributed by atoms with Gasteiger partial charge in [0, 0.05) is 0 Å². The summed E-state index contributed by atoms with van der Waals surface area (Å²) in [5.74, 6) is 0.470. The van der Waals surface area contributed by atoms with Gasteiger partial charge in [0.1, 0.15) is 5.75 Å². The minimum absolute atomic E-state index is 0.267. The molecule has 0 amide bonds. The second-order valence-corrected chi connectivity index (χ2v) is 4.01. The highest BCUT2D eigenvalue weighted by atomic mass is 16.5. The number of methoxy groups -OCH3 is 2. The monoisotopic (exact) mass is 220 g/mol. The Bertz CT molecular complexity index is 410. The molecule has 86 valence electrons. The van der Waals surface area contributed by atoms with E-state index in [0.717, 1.165) is 30.6 Å². The Morgan fingerprint density at radius 1 is 1.19 bits per heavy atom. The van der Waals surface area contributed by atoms with Crippen molar-refractivity contribution >= 4 is 5.97 Å². The lowest BCUT2D eigenvalue weighted by molar-refractivity contribution is 0.0598. The van der Waals surface area contributed by atoms with Gasteiger partial charge in [-0.05, 0) is 48.9 Å². The summed E-state index contributed by atoms with van der Waals surface area (Å²) < 4.78 is 10.0. The first-order valence-corrected chi connectivity index (χ1v) is 5.54. The van der Waals surface area contributed by atoms with E-state index in [4.69, 9.17) is 9.47 Å². The van der Waals surface area contributed by atoms with Crippen LogP contribution in [0.4, 0.5) is 0 Å². The minimum atomic E-state index is -0.267. The van der Waals surface area contributed by atoms with Crippen LogP contribution in [0.2, 0.25) is 0 Å². The molecule has 2 rings (SSSR count). The van der Waals surface area contributed by atoms with Crippen LogP contribution in [0.15, 0.2) is 12.1 Å². The summed E-state index contributed by atoms with van der Waals surface area (Å²) in [6.45, 7) is 0. The van der Waals surface area contributed by atoms with Gasteiger partial charge in [-0.3, -0.25) is 0 Å². The van der Waals surface area contributed by atoms with Crippen LogP contribution in [-0.4, -0.2) is 20.2 Å². The van der Waals surface area contributed by atoms with Gasteiger partial charge in [0.15, 0.2) is 0 Å². The number of carbonyl (C=O) groups excluding carboxylic acids is 1. The van der Waals surface area contributed by atoms with Crippen LogP contribution < -0.4 is 4.74 Å². The molecule has 0 N–H and O–H groups in total. The molecule has 1 aliphatic carbocycles. The van der Waals surface area contributed by atoms with Crippen molar-refractivity contribution in [2.75, 3.05) is 14.2 Å². The predicted molar refractivity (Wildman–Crippen MR) is 61.0 cm³/mol. The first-order chi connectivity index (χ1) is 7.76. The third kappa shape index (κ3) is 1.90. The van der Waals surface area contributed by atoms with Gasteiger partial charge in [0.05, 0.1) is 19.8 Å². The van der Waals surface area contributed by atoms with Crippen molar-refractivity contribution in [3.8, 4) is 5.75 Å². The van der Waals surface area contributed by atoms with Gasteiger partial charge >= 0.3 is 5.97 Å². The maximum atomic E-state index is 11.7. The zero-order chi connectivity index (χ0) is 11.5. The highest BCUT2D eigenvalue weighted by Gasteiger charge is 2.19. The average Bonchev–Trinajstić information content (AvgIpc) is 2.36. The fraction of sp³-hybridized carbons (Fsp3) is 0.462. The van der Waals surface area contributed by atoms with Crippen LogP contribution >= 0.6 is 0 Å². The van der Waals surface area contributed by atoms with E-state index in [9.17, 15) is 4.79 Å². The molecule has 0 bridgehead atoms. The molecule has 0 saturated carbocycles. The quantitative estimate of drug-likeness (QED) is 0.718. The summed E-state index contributed by atoms with van der Waals surface area (Å²) in [7, 11) is 3.03. The molecule has 0 atom stereocenters. The Morgan fingerprint density at radius 3 is 2.62 bits per heavy atom. The third-order valence-electron chi connectivity index (χ3n) is 3.08. The molecule has 1 aromatic rings. The molecule has 0 aliphatic heterocycles. The number of esters is 1. The SMILES string of the molecule is COC(=O)c1cc(OC)cc2c1CCCC2. The van der Waals surface area contributed by atoms with Crippen molar-refractivity contribution in [3.05, 3.63) is 28.8 Å². The van der Waals surface area contributed by atoms with Crippen molar-refractivity contribution < 1.29 is 14.3 Å². The molecule has 3 heteroatoms. The van der Waals surface area contributed by atoms with Gasteiger partial charge in [-0.1, -0.05) is 0 Å². The highest BCUT2D eigenvalue weighted by Crippen LogP contribution is 2.29. The zero-order valence-electron chi connectivity index (χ0n) is 9.71. The standard InChI is InChI=1S/C13H16O3/c1-15-10-7-9-5-3-4-6-11(9)12(8-10)13(14)16-2/h7-8H,3-6H2,1-2H3. The van der Waals surface area contributed by atoms with Crippen LogP contribution in [0.25, 0.3) is 0 Å². The number of aryl methyl sites for hydroxylation is 1. The smallest absolute Gasteiger partial charge is 0.338 e. The van der Waals surface area contributed by atoms with E-state index >= 15 is 0 Å². The molecule has 0 fully saturated rings. The van der Waals surface area contributed by atoms with Crippen LogP contribution in [-0.2, 0) is 17.6 Å². The van der Waals surface area contributed by atoms with Crippen molar-refractivity contribution in [2.24, 2.45) is 0 Å². The van der Waals surface area contributed by atoms with Gasteiger partial charge < -0.3 is 9.47 Å². The second kappa shape index (κ2) is 4.56. The Morgan fingerprint density at radius 2 is 1.94 bits per heavy atom. The second-order valence-electron chi connectivity index (χ2n) is 4.01. The molecule has 1 aliphatic rings. The van der Waals surface area contributed by atoms with Crippen molar-refractivity contribution in [2.45, 2.75) is 25.7 Å². The van der Waals surface area contributed by atoms with Crippen molar-refractivity contribution in [1.29, 1.82) is 0 Å². The summed E-state index contributed by atoms with van der Waals surface area (Å²) in [6.07, 6.45) is 4.31. The van der Waals surface area contributed by atoms with Crippen LogP contribution in [0.3, 0.4) is 0 Å². The minimum Gasteiger partial charge on any atom is -0.497 e. The van der Waals surface area contributed by atoms with E-state index in [1.54, 1.807) is 13.2 Å². The van der Waals surface area contributed by atoms with E-state index in [-0.39, 0.29) is 5.97 Å². The van der Waals surface area contributed by atoms with Crippen molar-refractivity contribution in [1.82, 2.24) is 0 Å². The maximum absolute atomic E-state index is 11.7. The van der Waals surface area contributed by atoms with Crippen molar-refractivity contribution in [3.63, 3.8) is 0 Å². The fourth-order valence-electron chi connectivity index (χ4n) is 2.25. The number of hydrogen-bond acceptors (Lipinski definition) is 3. The number of benzene rings is 1. The summed E-state index contributed by atoms with van der Waals surface area (Å²) in [6, 6.07) is 3.80. The number of ether oxygens (including phenoxy) is 2. The Labute approximate surface area is 95.4 Å². The summed E-state index contributed by atoms with van der Waals surface area (Å²) in [5.41, 5.74) is 3.03. The third-order valence-corrected chi connectivity index (χ3v) is 3.08. The lowest BCUT2D eigenvalue weighted by Gasteiger charge is -2.19. The lowest BCUT2D eigenvalue weighted by Crippen LogP contribution is -2.12. The van der Waals surface area contributed by atoms with Gasteiger partial charge in [-0.15, -0.1) is 0 Å². The topological polar surface area (TPSA) is 35.5 Å². The lowest BCUT2D eigenvalue weighted by atomic mass is 9.88. The normalized spacial score (nSPS) is 14.1. The van der Waals surface area contributed by atoms with E-state index < -0.39 is 0 Å². The van der Waals surface area contributed by atoms with Gasteiger partial charge in [-0.2, -0.15) is 0 Å². The van der Waals surface area contributed by atoms with Gasteiger partial charge in [0.25, 0.3) is 0 Å². The highest BCUT2D eigenvalue weighted by molar-refractivity contribution is 5.92. The molecule has 3 nitrogen and oxygen atoms in total. The first-order valence-electron chi connectivity index (χ1n) is 5.54. The molecule has 16 heavy (non-hydrogen) atoms. The Balaban J connectivity index is 2.51. The molecular weight excluding hydrogens is 204 g/mol. The fourth-order valence-corrected chi connectivity index (χ4v) is 2.25. The van der Waals surface area contributed by atoms with E-state index in [1.807, 2.05) is 6.07 Å². The molecule has 0 radical (unpaired) electrons. The van der Waals surface area contributed by atoms with E-state index in [1.165, 1.54) is 19.1 Å². The largest absolute Gasteiger partial charge is 0.497 e. The first kappa shape index (κ1) is 11.0. The number of carbonyl (C=O) groups is 1. The molecular formula is C13H16O3. The number of hydrogen-bond donors (Lipinski definition) is 0. The Hall–Kier alpha value is -1.51. The van der Waals surface area contributed by atoms with Crippen LogP contribution in [0, 0.1) is 0 Å². The molecule has 0 spiro atoms. The number of fused-ring (bicyclic) bond motifs is 1. The molecule has 0 unspecified atom stereocenters. The van der Waals surface area contributed by atoms with E-state index in [0.29, 0.717) is 5.56 Å². The molecule has 1 aromatic carbocycles. The Kier molecular flexibility index (Phi) is 3.13. The average molecular weight is 220 g/mol. The summed E-state index contributed by atoms with van der Waals surface area (Å²) in [5, 5.41) is 0. The van der Waals surface area contributed by atoms with Crippen LogP contribution in [0.1, 0.15) is 34.3 Å². The summed E-state index contributed by atoms with van der Waals surface area (Å²) >= 11 is 0. The molecule has 0 saturated heterocycles. The molecule has 0 aromatic heterocycles. The van der Waals surface area contributed by atoms with Gasteiger partial charge in [-0.25, -0.2) is 4.79 Å². The molecule has 0 heterocycles. The predicted octanol–water partition coefficient (Wildman–Crippen LogP) is 2.36. The number of rotatable bonds is 2. The van der Waals surface area contributed by atoms with Crippen LogP contribution in [0.5, 0.6) is 5.75 Å². The van der Waals surface area contributed by atoms with Gasteiger partial charge in [0.2, 0.25) is 0 Å².